The Hall–Kier alpha value is -2.35. The van der Waals surface area contributed by atoms with E-state index in [9.17, 15) is 14.7 Å². The van der Waals surface area contributed by atoms with Crippen LogP contribution in [0.25, 0.3) is 10.9 Å². The molecule has 1 amide bonds. The molecule has 3 aromatic rings. The van der Waals surface area contributed by atoms with Crippen LogP contribution in [0.1, 0.15) is 18.9 Å². The summed E-state index contributed by atoms with van der Waals surface area (Å²) in [7, 11) is 0. The van der Waals surface area contributed by atoms with Gasteiger partial charge in [0.25, 0.3) is 5.56 Å². The van der Waals surface area contributed by atoms with Gasteiger partial charge >= 0.3 is 0 Å². The van der Waals surface area contributed by atoms with Crippen molar-refractivity contribution in [3.05, 3.63) is 63.4 Å². The molecule has 3 rings (SSSR count). The van der Waals surface area contributed by atoms with Gasteiger partial charge in [0, 0.05) is 23.9 Å². The molecule has 1 aromatic heterocycles. The number of aliphatic hydroxyl groups excluding tert-OH is 1. The zero-order valence-corrected chi connectivity index (χ0v) is 17.8. The number of anilines is 1. The molecular formula is C21H22ClN3O3S. The molecule has 1 unspecified atom stereocenters. The summed E-state index contributed by atoms with van der Waals surface area (Å²) in [5.41, 5.74) is 1.96. The van der Waals surface area contributed by atoms with Crippen LogP contribution >= 0.6 is 23.4 Å². The van der Waals surface area contributed by atoms with Gasteiger partial charge in [-0.05, 0) is 50.1 Å². The zero-order valence-electron chi connectivity index (χ0n) is 16.2. The third-order valence-corrected chi connectivity index (χ3v) is 5.80. The van der Waals surface area contributed by atoms with Crippen molar-refractivity contribution in [2.75, 3.05) is 11.9 Å². The summed E-state index contributed by atoms with van der Waals surface area (Å²) in [4.78, 5) is 30.2. The monoisotopic (exact) mass is 431 g/mol. The smallest absolute Gasteiger partial charge is 0.262 e. The molecule has 8 heteroatoms. The van der Waals surface area contributed by atoms with Crippen LogP contribution in [0.2, 0.25) is 5.02 Å². The molecule has 1 heterocycles. The van der Waals surface area contributed by atoms with Gasteiger partial charge in [0.15, 0.2) is 5.16 Å². The van der Waals surface area contributed by atoms with E-state index in [2.05, 4.69) is 10.3 Å². The summed E-state index contributed by atoms with van der Waals surface area (Å²) >= 11 is 7.24. The van der Waals surface area contributed by atoms with Gasteiger partial charge in [0.2, 0.25) is 5.91 Å². The van der Waals surface area contributed by atoms with Crippen LogP contribution in [-0.2, 0) is 11.3 Å². The fourth-order valence-electron chi connectivity index (χ4n) is 2.84. The zero-order chi connectivity index (χ0) is 21.0. The Labute approximate surface area is 177 Å². The van der Waals surface area contributed by atoms with Crippen LogP contribution in [0.15, 0.2) is 52.4 Å². The summed E-state index contributed by atoms with van der Waals surface area (Å²) in [6.45, 7) is 3.95. The normalized spacial score (nSPS) is 12.1. The number of nitrogens with zero attached hydrogens (tertiary/aromatic N) is 2. The van der Waals surface area contributed by atoms with Crippen molar-refractivity contribution < 1.29 is 9.90 Å². The van der Waals surface area contributed by atoms with Crippen molar-refractivity contribution >= 4 is 45.9 Å². The first kappa shape index (κ1) is 21.4. The minimum absolute atomic E-state index is 0.0343. The van der Waals surface area contributed by atoms with Gasteiger partial charge in [0.1, 0.15) is 0 Å². The molecule has 0 saturated heterocycles. The Morgan fingerprint density at radius 3 is 2.83 bits per heavy atom. The molecule has 29 heavy (non-hydrogen) atoms. The Morgan fingerprint density at radius 2 is 2.07 bits per heavy atom. The van der Waals surface area contributed by atoms with E-state index in [-0.39, 0.29) is 18.1 Å². The van der Waals surface area contributed by atoms with Crippen LogP contribution < -0.4 is 10.9 Å². The average molecular weight is 432 g/mol. The van der Waals surface area contributed by atoms with Gasteiger partial charge in [-0.3, -0.25) is 14.2 Å². The molecular weight excluding hydrogens is 410 g/mol. The average Bonchev–Trinajstić information content (AvgIpc) is 2.70. The SMILES string of the molecule is Cc1ccc(Cl)cc1NC(=O)C(C)Sc1nc2ccccc2c(=O)n1CCCO. The van der Waals surface area contributed by atoms with Crippen molar-refractivity contribution in [3.8, 4) is 0 Å². The Morgan fingerprint density at radius 1 is 1.31 bits per heavy atom. The molecule has 152 valence electrons. The molecule has 0 fully saturated rings. The van der Waals surface area contributed by atoms with Gasteiger partial charge < -0.3 is 10.4 Å². The van der Waals surface area contributed by atoms with Gasteiger partial charge in [-0.15, -0.1) is 0 Å². The van der Waals surface area contributed by atoms with E-state index >= 15 is 0 Å². The number of para-hydroxylation sites is 1. The second-order valence-electron chi connectivity index (χ2n) is 6.65. The maximum absolute atomic E-state index is 12.9. The standard InChI is InChI=1S/C21H22ClN3O3S/c1-13-8-9-15(22)12-18(13)23-19(27)14(2)29-21-24-17-7-4-3-6-16(17)20(28)25(21)10-5-11-26/h3-4,6-9,12,14,26H,5,10-11H2,1-2H3,(H,23,27). The van der Waals surface area contributed by atoms with E-state index in [0.29, 0.717) is 39.7 Å². The minimum atomic E-state index is -0.498. The lowest BCUT2D eigenvalue weighted by molar-refractivity contribution is -0.115. The molecule has 0 bridgehead atoms. The fourth-order valence-corrected chi connectivity index (χ4v) is 3.95. The third-order valence-electron chi connectivity index (χ3n) is 4.48. The molecule has 0 saturated carbocycles. The molecule has 2 N–H and O–H groups in total. The van der Waals surface area contributed by atoms with Gasteiger partial charge in [-0.25, -0.2) is 4.98 Å². The lowest BCUT2D eigenvalue weighted by Crippen LogP contribution is -2.27. The topological polar surface area (TPSA) is 84.2 Å². The number of hydrogen-bond acceptors (Lipinski definition) is 5. The van der Waals surface area contributed by atoms with Crippen molar-refractivity contribution in [1.82, 2.24) is 9.55 Å². The Kier molecular flexibility index (Phi) is 6.95. The predicted molar refractivity (Wildman–Crippen MR) is 118 cm³/mol. The van der Waals surface area contributed by atoms with Crippen LogP contribution in [-0.4, -0.2) is 32.4 Å². The maximum Gasteiger partial charge on any atom is 0.262 e. The highest BCUT2D eigenvalue weighted by Gasteiger charge is 2.20. The van der Waals surface area contributed by atoms with Crippen molar-refractivity contribution in [2.24, 2.45) is 0 Å². The van der Waals surface area contributed by atoms with Crippen LogP contribution in [0, 0.1) is 6.92 Å². The van der Waals surface area contributed by atoms with Crippen molar-refractivity contribution in [2.45, 2.75) is 37.2 Å². The molecule has 0 aliphatic rings. The summed E-state index contributed by atoms with van der Waals surface area (Å²) in [6, 6.07) is 12.4. The first-order valence-electron chi connectivity index (χ1n) is 9.25. The number of aromatic nitrogens is 2. The van der Waals surface area contributed by atoms with E-state index < -0.39 is 5.25 Å². The van der Waals surface area contributed by atoms with Crippen LogP contribution in [0.3, 0.4) is 0 Å². The Bertz CT molecular complexity index is 1100. The number of amides is 1. The number of nitrogens with one attached hydrogen (secondary N) is 1. The number of aliphatic hydroxyl groups is 1. The first-order chi connectivity index (χ1) is 13.9. The van der Waals surface area contributed by atoms with E-state index in [0.717, 1.165) is 5.56 Å². The highest BCUT2D eigenvalue weighted by atomic mass is 35.5. The number of hydrogen-bond donors (Lipinski definition) is 2. The number of aryl methyl sites for hydroxylation is 1. The number of fused-ring (bicyclic) bond motifs is 1. The quantitative estimate of drug-likeness (QED) is 0.438. The highest BCUT2D eigenvalue weighted by Crippen LogP contribution is 2.25. The van der Waals surface area contributed by atoms with Gasteiger partial charge in [0.05, 0.1) is 16.2 Å². The van der Waals surface area contributed by atoms with E-state index in [1.807, 2.05) is 19.1 Å². The van der Waals surface area contributed by atoms with Crippen LogP contribution in [0.4, 0.5) is 5.69 Å². The minimum Gasteiger partial charge on any atom is -0.396 e. The van der Waals surface area contributed by atoms with Gasteiger partial charge in [-0.2, -0.15) is 0 Å². The number of rotatable bonds is 7. The van der Waals surface area contributed by atoms with Gasteiger partial charge in [-0.1, -0.05) is 41.6 Å². The fraction of sp³-hybridized carbons (Fsp3) is 0.286. The largest absolute Gasteiger partial charge is 0.396 e. The summed E-state index contributed by atoms with van der Waals surface area (Å²) in [6.07, 6.45) is 0.426. The van der Waals surface area contributed by atoms with Crippen molar-refractivity contribution in [3.63, 3.8) is 0 Å². The second kappa shape index (κ2) is 9.43. The van der Waals surface area contributed by atoms with Crippen LogP contribution in [0.5, 0.6) is 0 Å². The molecule has 6 nitrogen and oxygen atoms in total. The second-order valence-corrected chi connectivity index (χ2v) is 8.40. The van der Waals surface area contributed by atoms with Crippen molar-refractivity contribution in [1.29, 1.82) is 0 Å². The Balaban J connectivity index is 1.88. The number of benzene rings is 2. The summed E-state index contributed by atoms with van der Waals surface area (Å²) in [5, 5.41) is 13.1. The number of carbonyl (C=O) groups excluding carboxylic acids is 1. The molecule has 0 radical (unpaired) electrons. The number of thioether (sulfide) groups is 1. The molecule has 2 aromatic carbocycles. The predicted octanol–water partition coefficient (Wildman–Crippen LogP) is 3.86. The van der Waals surface area contributed by atoms with E-state index in [1.165, 1.54) is 16.3 Å². The number of carbonyl (C=O) groups is 1. The van der Waals surface area contributed by atoms with E-state index in [4.69, 9.17) is 11.6 Å². The van der Waals surface area contributed by atoms with E-state index in [1.54, 1.807) is 37.3 Å². The molecule has 0 spiro atoms. The number of halogens is 1. The third kappa shape index (κ3) is 4.98. The lowest BCUT2D eigenvalue weighted by Gasteiger charge is -2.17. The highest BCUT2D eigenvalue weighted by molar-refractivity contribution is 8.00. The first-order valence-corrected chi connectivity index (χ1v) is 10.5. The molecule has 0 aliphatic carbocycles. The summed E-state index contributed by atoms with van der Waals surface area (Å²) in [5.74, 6) is -0.212. The molecule has 1 atom stereocenters. The molecule has 0 aliphatic heterocycles. The maximum atomic E-state index is 12.9. The lowest BCUT2D eigenvalue weighted by atomic mass is 10.2. The summed E-state index contributed by atoms with van der Waals surface area (Å²) < 4.78 is 1.53.